The van der Waals surface area contributed by atoms with Crippen LogP contribution in [-0.4, -0.2) is 9.66 Å². The van der Waals surface area contributed by atoms with E-state index in [1.807, 2.05) is 6.92 Å². The number of nitrogens with zero attached hydrogens (tertiary/aromatic N) is 2. The summed E-state index contributed by atoms with van der Waals surface area (Å²) < 4.78 is 15.2. The Morgan fingerprint density at radius 3 is 2.83 bits per heavy atom. The molecule has 1 heterocycles. The molecule has 0 saturated carbocycles. The van der Waals surface area contributed by atoms with Gasteiger partial charge in [0.25, 0.3) is 0 Å². The van der Waals surface area contributed by atoms with Gasteiger partial charge in [-0.15, -0.1) is 0 Å². The molecular formula is C12H14ClFN4. The average Bonchev–Trinajstić information content (AvgIpc) is 2.62. The van der Waals surface area contributed by atoms with Crippen molar-refractivity contribution in [1.82, 2.24) is 9.66 Å². The number of imidazole rings is 1. The molecule has 0 atom stereocenters. The Kier molecular flexibility index (Phi) is 3.43. The predicted molar refractivity (Wildman–Crippen MR) is 71.2 cm³/mol. The Bertz CT molecular complexity index is 580. The molecule has 0 spiro atoms. The molecular weight excluding hydrogens is 255 g/mol. The van der Waals surface area contributed by atoms with Crippen LogP contribution in [-0.2, 0) is 6.42 Å². The van der Waals surface area contributed by atoms with Crippen molar-refractivity contribution < 1.29 is 4.39 Å². The van der Waals surface area contributed by atoms with Crippen molar-refractivity contribution in [3.63, 3.8) is 0 Å². The Balaban J connectivity index is 2.57. The number of hydrogen-bond donors (Lipinski definition) is 2. The summed E-state index contributed by atoms with van der Waals surface area (Å²) in [4.78, 5) is 4.29. The number of benzene rings is 1. The second-order valence-corrected chi connectivity index (χ2v) is 4.39. The molecule has 0 aliphatic carbocycles. The van der Waals surface area contributed by atoms with Gasteiger partial charge in [0.2, 0.25) is 0 Å². The number of anilines is 1. The normalized spacial score (nSPS) is 10.8. The fraction of sp³-hybridized carbons (Fsp3) is 0.250. The first kappa shape index (κ1) is 12.7. The van der Waals surface area contributed by atoms with Gasteiger partial charge in [0.1, 0.15) is 11.5 Å². The number of hydrogen-bond acceptors (Lipinski definition) is 3. The minimum absolute atomic E-state index is 0.0375. The van der Waals surface area contributed by atoms with Crippen LogP contribution in [0.5, 0.6) is 0 Å². The van der Waals surface area contributed by atoms with Crippen molar-refractivity contribution in [2.45, 2.75) is 19.8 Å². The minimum Gasteiger partial charge on any atom is -0.382 e. The van der Waals surface area contributed by atoms with Gasteiger partial charge in [-0.3, -0.25) is 0 Å². The highest BCUT2D eigenvalue weighted by Crippen LogP contribution is 2.30. The maximum absolute atomic E-state index is 13.9. The zero-order chi connectivity index (χ0) is 13.3. The lowest BCUT2D eigenvalue weighted by molar-refractivity contribution is 0.631. The number of aryl methyl sites for hydroxylation is 1. The second-order valence-electron chi connectivity index (χ2n) is 3.98. The molecule has 2 rings (SSSR count). The fourth-order valence-corrected chi connectivity index (χ4v) is 1.95. The van der Waals surface area contributed by atoms with Gasteiger partial charge in [-0.2, -0.15) is 0 Å². The summed E-state index contributed by atoms with van der Waals surface area (Å²) in [6.07, 6.45) is 1.56. The molecule has 0 radical (unpaired) electrons. The maximum atomic E-state index is 13.9. The summed E-state index contributed by atoms with van der Waals surface area (Å²) in [5.41, 5.74) is 6.45. The smallest absolute Gasteiger partial charge is 0.151 e. The number of nitrogens with two attached hydrogens (primary N) is 2. The fourth-order valence-electron chi connectivity index (χ4n) is 1.78. The van der Waals surface area contributed by atoms with Crippen molar-refractivity contribution >= 4 is 17.4 Å². The lowest BCUT2D eigenvalue weighted by atomic mass is 10.1. The second kappa shape index (κ2) is 4.86. The Morgan fingerprint density at radius 1 is 1.44 bits per heavy atom. The first-order chi connectivity index (χ1) is 8.56. The zero-order valence-corrected chi connectivity index (χ0v) is 10.7. The number of aromatic nitrogens is 2. The number of halogens is 2. The number of rotatable bonds is 3. The third kappa shape index (κ3) is 2.01. The Morgan fingerprint density at radius 2 is 2.17 bits per heavy atom. The molecule has 0 aliphatic rings. The van der Waals surface area contributed by atoms with Crippen LogP contribution in [0, 0.1) is 5.82 Å². The van der Waals surface area contributed by atoms with Gasteiger partial charge in [0, 0.05) is 12.0 Å². The van der Waals surface area contributed by atoms with E-state index in [-0.39, 0.29) is 16.4 Å². The van der Waals surface area contributed by atoms with Gasteiger partial charge in [-0.05, 0) is 18.6 Å². The molecule has 0 amide bonds. The number of nitrogen functional groups attached to an aromatic ring is 2. The highest BCUT2D eigenvalue weighted by Gasteiger charge is 2.18. The van der Waals surface area contributed by atoms with E-state index in [0.717, 1.165) is 6.42 Å². The zero-order valence-electron chi connectivity index (χ0n) is 9.95. The van der Waals surface area contributed by atoms with E-state index in [4.69, 9.17) is 23.2 Å². The van der Waals surface area contributed by atoms with Crippen LogP contribution in [0.15, 0.2) is 18.2 Å². The van der Waals surface area contributed by atoms with Gasteiger partial charge in [0.15, 0.2) is 11.6 Å². The quantitative estimate of drug-likeness (QED) is 0.841. The van der Waals surface area contributed by atoms with Crippen LogP contribution in [0.1, 0.15) is 19.2 Å². The molecule has 0 aliphatic heterocycles. The standard InChI is InChI=1S/C12H14ClFN4/c1-2-4-9-17-11(12(15)18(9)16)7-5-3-6-8(13)10(7)14/h3,5-6H,2,4,15-16H2,1H3. The Labute approximate surface area is 109 Å². The van der Waals surface area contributed by atoms with E-state index in [2.05, 4.69) is 4.98 Å². The maximum Gasteiger partial charge on any atom is 0.151 e. The van der Waals surface area contributed by atoms with E-state index < -0.39 is 5.82 Å². The van der Waals surface area contributed by atoms with Crippen molar-refractivity contribution in [1.29, 1.82) is 0 Å². The molecule has 6 heteroatoms. The largest absolute Gasteiger partial charge is 0.382 e. The molecule has 0 saturated heterocycles. The molecule has 2 aromatic rings. The highest BCUT2D eigenvalue weighted by atomic mass is 35.5. The van der Waals surface area contributed by atoms with Crippen LogP contribution < -0.4 is 11.6 Å². The first-order valence-corrected chi connectivity index (χ1v) is 6.00. The lowest BCUT2D eigenvalue weighted by Crippen LogP contribution is -2.15. The topological polar surface area (TPSA) is 69.9 Å². The molecule has 18 heavy (non-hydrogen) atoms. The Hall–Kier alpha value is -1.75. The van der Waals surface area contributed by atoms with Gasteiger partial charge >= 0.3 is 0 Å². The van der Waals surface area contributed by atoms with Crippen LogP contribution in [0.4, 0.5) is 10.2 Å². The van der Waals surface area contributed by atoms with E-state index in [1.165, 1.54) is 10.7 Å². The monoisotopic (exact) mass is 268 g/mol. The van der Waals surface area contributed by atoms with Crippen LogP contribution in [0.3, 0.4) is 0 Å². The summed E-state index contributed by atoms with van der Waals surface area (Å²) in [7, 11) is 0. The van der Waals surface area contributed by atoms with Crippen LogP contribution >= 0.6 is 11.6 Å². The van der Waals surface area contributed by atoms with Crippen LogP contribution in [0.2, 0.25) is 5.02 Å². The van der Waals surface area contributed by atoms with Crippen molar-refractivity contribution in [3.8, 4) is 11.3 Å². The third-order valence-electron chi connectivity index (χ3n) is 2.70. The minimum atomic E-state index is -0.535. The molecule has 96 valence electrons. The first-order valence-electron chi connectivity index (χ1n) is 5.62. The SMILES string of the molecule is CCCc1nc(-c2cccc(Cl)c2F)c(N)n1N. The summed E-state index contributed by atoms with van der Waals surface area (Å²) >= 11 is 5.74. The van der Waals surface area contributed by atoms with Gasteiger partial charge < -0.3 is 11.6 Å². The summed E-state index contributed by atoms with van der Waals surface area (Å²) in [5, 5.41) is 0.0375. The van der Waals surface area contributed by atoms with Crippen molar-refractivity contribution in [3.05, 3.63) is 34.9 Å². The van der Waals surface area contributed by atoms with Gasteiger partial charge in [-0.25, -0.2) is 14.1 Å². The van der Waals surface area contributed by atoms with E-state index >= 15 is 0 Å². The summed E-state index contributed by atoms with van der Waals surface area (Å²) in [5.74, 6) is 6.12. The molecule has 4 nitrogen and oxygen atoms in total. The van der Waals surface area contributed by atoms with Crippen LogP contribution in [0.25, 0.3) is 11.3 Å². The average molecular weight is 269 g/mol. The molecule has 1 aromatic carbocycles. The third-order valence-corrected chi connectivity index (χ3v) is 2.99. The van der Waals surface area contributed by atoms with Crippen molar-refractivity contribution in [2.24, 2.45) is 0 Å². The summed E-state index contributed by atoms with van der Waals surface area (Å²) in [6.45, 7) is 2.00. The van der Waals surface area contributed by atoms with Gasteiger partial charge in [0.05, 0.1) is 5.02 Å². The molecule has 0 unspecified atom stereocenters. The summed E-state index contributed by atoms with van der Waals surface area (Å²) in [6, 6.07) is 4.70. The lowest BCUT2D eigenvalue weighted by Gasteiger charge is -2.03. The predicted octanol–water partition coefficient (Wildman–Crippen LogP) is 2.59. The van der Waals surface area contributed by atoms with E-state index in [1.54, 1.807) is 12.1 Å². The molecule has 1 aromatic heterocycles. The molecule has 4 N–H and O–H groups in total. The van der Waals surface area contributed by atoms with E-state index in [9.17, 15) is 4.39 Å². The van der Waals surface area contributed by atoms with Gasteiger partial charge in [-0.1, -0.05) is 24.6 Å². The van der Waals surface area contributed by atoms with Crippen molar-refractivity contribution in [2.75, 3.05) is 11.6 Å². The highest BCUT2D eigenvalue weighted by molar-refractivity contribution is 6.31. The molecule has 0 bridgehead atoms. The van der Waals surface area contributed by atoms with E-state index in [0.29, 0.717) is 17.9 Å². The molecule has 0 fully saturated rings.